The van der Waals surface area contributed by atoms with Gasteiger partial charge in [0, 0.05) is 56.1 Å². The summed E-state index contributed by atoms with van der Waals surface area (Å²) in [4.78, 5) is 22.0. The fourth-order valence-corrected chi connectivity index (χ4v) is 4.75. The number of nitrogens with zero attached hydrogens (tertiary/aromatic N) is 3. The Bertz CT molecular complexity index is 1050. The SMILES string of the molecule is Cc1ccc(C2CN(Cc3cccnc3)CC2CN(C(=O)c2ccc(F)cc2)C(C)C)cc1. The minimum Gasteiger partial charge on any atom is -0.336 e. The molecule has 2 unspecified atom stereocenters. The average molecular weight is 446 g/mol. The molecule has 1 aliphatic heterocycles. The maximum absolute atomic E-state index is 13.4. The summed E-state index contributed by atoms with van der Waals surface area (Å²) in [7, 11) is 0. The zero-order valence-corrected chi connectivity index (χ0v) is 19.6. The summed E-state index contributed by atoms with van der Waals surface area (Å²) < 4.78 is 13.4. The van der Waals surface area contributed by atoms with Gasteiger partial charge in [-0.25, -0.2) is 4.39 Å². The Morgan fingerprint density at radius 3 is 2.45 bits per heavy atom. The normalized spacial score (nSPS) is 18.6. The Morgan fingerprint density at radius 2 is 1.82 bits per heavy atom. The van der Waals surface area contributed by atoms with Gasteiger partial charge in [-0.3, -0.25) is 14.7 Å². The molecule has 1 saturated heterocycles. The van der Waals surface area contributed by atoms with Gasteiger partial charge in [0.1, 0.15) is 5.82 Å². The van der Waals surface area contributed by atoms with E-state index >= 15 is 0 Å². The molecule has 0 N–H and O–H groups in total. The molecule has 2 atom stereocenters. The highest BCUT2D eigenvalue weighted by Gasteiger charge is 2.36. The zero-order valence-electron chi connectivity index (χ0n) is 19.6. The molecule has 172 valence electrons. The first-order valence-corrected chi connectivity index (χ1v) is 11.6. The first-order valence-electron chi connectivity index (χ1n) is 11.6. The molecule has 0 bridgehead atoms. The van der Waals surface area contributed by atoms with Crippen LogP contribution in [0.4, 0.5) is 4.39 Å². The van der Waals surface area contributed by atoms with Crippen molar-refractivity contribution in [3.8, 4) is 0 Å². The lowest BCUT2D eigenvalue weighted by atomic mass is 9.88. The molecule has 4 nitrogen and oxygen atoms in total. The van der Waals surface area contributed by atoms with Crippen molar-refractivity contribution in [2.45, 2.75) is 39.3 Å². The van der Waals surface area contributed by atoms with E-state index in [2.05, 4.69) is 47.1 Å². The Kier molecular flexibility index (Phi) is 7.19. The minimum absolute atomic E-state index is 0.0432. The molecule has 1 amide bonds. The number of halogens is 1. The van der Waals surface area contributed by atoms with Crippen LogP contribution < -0.4 is 0 Å². The number of benzene rings is 2. The molecule has 2 aromatic carbocycles. The lowest BCUT2D eigenvalue weighted by molar-refractivity contribution is 0.0668. The van der Waals surface area contributed by atoms with Crippen LogP contribution in [-0.2, 0) is 6.54 Å². The molecule has 33 heavy (non-hydrogen) atoms. The van der Waals surface area contributed by atoms with Crippen LogP contribution in [0, 0.1) is 18.7 Å². The van der Waals surface area contributed by atoms with Crippen LogP contribution >= 0.6 is 0 Å². The molecule has 3 aromatic rings. The fraction of sp³-hybridized carbons (Fsp3) is 0.357. The molecular weight excluding hydrogens is 413 g/mol. The van der Waals surface area contributed by atoms with Gasteiger partial charge in [0.25, 0.3) is 5.91 Å². The molecule has 1 aromatic heterocycles. The standard InChI is InChI=1S/C28H32FN3O/c1-20(2)32(28(33)24-10-12-26(29)13-11-24)18-25-17-31(16-22-5-4-14-30-15-22)19-27(25)23-8-6-21(3)7-9-23/h4-15,20,25,27H,16-19H2,1-3H3. The van der Waals surface area contributed by atoms with Crippen molar-refractivity contribution in [3.63, 3.8) is 0 Å². The van der Waals surface area contributed by atoms with Gasteiger partial charge in [0.05, 0.1) is 0 Å². The van der Waals surface area contributed by atoms with E-state index in [0.717, 1.165) is 19.6 Å². The highest BCUT2D eigenvalue weighted by atomic mass is 19.1. The number of hydrogen-bond acceptors (Lipinski definition) is 3. The van der Waals surface area contributed by atoms with Gasteiger partial charge in [-0.2, -0.15) is 0 Å². The smallest absolute Gasteiger partial charge is 0.254 e. The van der Waals surface area contributed by atoms with Gasteiger partial charge in [-0.05, 0) is 68.1 Å². The van der Waals surface area contributed by atoms with Gasteiger partial charge in [-0.15, -0.1) is 0 Å². The Balaban J connectivity index is 1.57. The van der Waals surface area contributed by atoms with Gasteiger partial charge >= 0.3 is 0 Å². The van der Waals surface area contributed by atoms with Crippen LogP contribution in [0.2, 0.25) is 0 Å². The Labute approximate surface area is 196 Å². The molecule has 0 spiro atoms. The highest BCUT2D eigenvalue weighted by Crippen LogP contribution is 2.35. The van der Waals surface area contributed by atoms with Crippen molar-refractivity contribution in [1.82, 2.24) is 14.8 Å². The van der Waals surface area contributed by atoms with Crippen LogP contribution in [0.3, 0.4) is 0 Å². The Morgan fingerprint density at radius 1 is 1.09 bits per heavy atom. The number of amides is 1. The lowest BCUT2D eigenvalue weighted by Crippen LogP contribution is -2.42. The maximum Gasteiger partial charge on any atom is 0.254 e. The summed E-state index contributed by atoms with van der Waals surface area (Å²) in [5.41, 5.74) is 4.29. The molecular formula is C28H32FN3O. The molecule has 1 fully saturated rings. The second-order valence-corrected chi connectivity index (χ2v) is 9.39. The predicted molar refractivity (Wildman–Crippen MR) is 129 cm³/mol. The van der Waals surface area contributed by atoms with E-state index in [0.29, 0.717) is 23.9 Å². The number of pyridine rings is 1. The van der Waals surface area contributed by atoms with Crippen LogP contribution in [0.1, 0.15) is 46.8 Å². The molecule has 2 heterocycles. The topological polar surface area (TPSA) is 36.4 Å². The molecule has 5 heteroatoms. The summed E-state index contributed by atoms with van der Waals surface area (Å²) in [6.07, 6.45) is 3.72. The molecule has 0 radical (unpaired) electrons. The maximum atomic E-state index is 13.4. The van der Waals surface area contributed by atoms with E-state index in [9.17, 15) is 9.18 Å². The third-order valence-corrected chi connectivity index (χ3v) is 6.56. The third kappa shape index (κ3) is 5.66. The number of carbonyl (C=O) groups is 1. The van der Waals surface area contributed by atoms with Gasteiger partial charge in [0.15, 0.2) is 0 Å². The van der Waals surface area contributed by atoms with Crippen molar-refractivity contribution in [1.29, 1.82) is 0 Å². The number of carbonyl (C=O) groups excluding carboxylic acids is 1. The van der Waals surface area contributed by atoms with Crippen molar-refractivity contribution in [2.24, 2.45) is 5.92 Å². The first kappa shape index (κ1) is 23.1. The van der Waals surface area contributed by atoms with Crippen LogP contribution in [0.5, 0.6) is 0 Å². The molecule has 1 aliphatic rings. The zero-order chi connectivity index (χ0) is 23.4. The second-order valence-electron chi connectivity index (χ2n) is 9.39. The van der Waals surface area contributed by atoms with E-state index in [1.54, 1.807) is 18.3 Å². The summed E-state index contributed by atoms with van der Waals surface area (Å²) in [5, 5.41) is 0. The van der Waals surface area contributed by atoms with E-state index in [1.165, 1.54) is 28.8 Å². The summed E-state index contributed by atoms with van der Waals surface area (Å²) >= 11 is 0. The third-order valence-electron chi connectivity index (χ3n) is 6.56. The average Bonchev–Trinajstić information content (AvgIpc) is 3.20. The van der Waals surface area contributed by atoms with Crippen molar-refractivity contribution >= 4 is 5.91 Å². The summed E-state index contributed by atoms with van der Waals surface area (Å²) in [5.74, 6) is 0.267. The van der Waals surface area contributed by atoms with Crippen LogP contribution in [-0.4, -0.2) is 46.4 Å². The quantitative estimate of drug-likeness (QED) is 0.495. The second kappa shape index (κ2) is 10.3. The largest absolute Gasteiger partial charge is 0.336 e. The molecule has 0 aliphatic carbocycles. The minimum atomic E-state index is -0.330. The number of aromatic nitrogens is 1. The van der Waals surface area contributed by atoms with Crippen LogP contribution in [0.25, 0.3) is 0 Å². The van der Waals surface area contributed by atoms with Crippen molar-refractivity contribution < 1.29 is 9.18 Å². The van der Waals surface area contributed by atoms with E-state index in [-0.39, 0.29) is 17.8 Å². The molecule has 0 saturated carbocycles. The van der Waals surface area contributed by atoms with Gasteiger partial charge in [0.2, 0.25) is 0 Å². The van der Waals surface area contributed by atoms with Crippen molar-refractivity contribution in [2.75, 3.05) is 19.6 Å². The summed E-state index contributed by atoms with van der Waals surface area (Å²) in [6, 6.07) is 18.8. The fourth-order valence-electron chi connectivity index (χ4n) is 4.75. The van der Waals surface area contributed by atoms with Crippen LogP contribution in [0.15, 0.2) is 73.1 Å². The summed E-state index contributed by atoms with van der Waals surface area (Å²) in [6.45, 7) is 9.56. The van der Waals surface area contributed by atoms with Crippen molar-refractivity contribution in [3.05, 3.63) is 101 Å². The Hall–Kier alpha value is -3.05. The number of likely N-dealkylation sites (tertiary alicyclic amines) is 1. The number of aryl methyl sites for hydroxylation is 1. The van der Waals surface area contributed by atoms with Gasteiger partial charge in [-0.1, -0.05) is 35.9 Å². The number of rotatable bonds is 7. The van der Waals surface area contributed by atoms with Gasteiger partial charge < -0.3 is 4.90 Å². The lowest BCUT2D eigenvalue weighted by Gasteiger charge is -2.32. The van der Waals surface area contributed by atoms with E-state index < -0.39 is 0 Å². The monoisotopic (exact) mass is 445 g/mol. The van der Waals surface area contributed by atoms with E-state index in [1.807, 2.05) is 31.0 Å². The molecule has 4 rings (SSSR count). The van der Waals surface area contributed by atoms with E-state index in [4.69, 9.17) is 0 Å². The number of hydrogen-bond donors (Lipinski definition) is 0. The predicted octanol–water partition coefficient (Wildman–Crippen LogP) is 5.30. The highest BCUT2D eigenvalue weighted by molar-refractivity contribution is 5.94. The first-order chi connectivity index (χ1) is 15.9.